The van der Waals surface area contributed by atoms with Gasteiger partial charge in [-0.05, 0) is 30.7 Å². The number of thioether (sulfide) groups is 1. The molecule has 2 N–H and O–H groups in total. The molecule has 2 saturated heterocycles. The number of nitrogens with zero attached hydrogens (tertiary/aromatic N) is 2. The molecule has 3 rings (SSSR count). The van der Waals surface area contributed by atoms with Gasteiger partial charge in [0, 0.05) is 44.0 Å². The van der Waals surface area contributed by atoms with Crippen molar-refractivity contribution >= 4 is 41.7 Å². The Bertz CT molecular complexity index is 670. The SMILES string of the molecule is CCC(CNC(=NC)NCC1(N2CCOCC2)CCSC1)Oc1cccc(F)c1.I. The molecular formula is C21H34FIN4O2S. The van der Waals surface area contributed by atoms with Crippen LogP contribution in [0.25, 0.3) is 0 Å². The van der Waals surface area contributed by atoms with E-state index in [1.807, 2.05) is 11.8 Å². The second-order valence-electron chi connectivity index (χ2n) is 7.54. The Morgan fingerprint density at radius 1 is 1.37 bits per heavy atom. The Hall–Kier alpha value is -0.780. The Morgan fingerprint density at radius 2 is 2.17 bits per heavy atom. The minimum atomic E-state index is -0.286. The van der Waals surface area contributed by atoms with Crippen LogP contribution >= 0.6 is 35.7 Å². The van der Waals surface area contributed by atoms with Gasteiger partial charge in [-0.25, -0.2) is 4.39 Å². The highest BCUT2D eigenvalue weighted by Gasteiger charge is 2.40. The van der Waals surface area contributed by atoms with Crippen LogP contribution in [-0.4, -0.2) is 80.4 Å². The van der Waals surface area contributed by atoms with Crippen molar-refractivity contribution in [1.82, 2.24) is 15.5 Å². The lowest BCUT2D eigenvalue weighted by atomic mass is 9.95. The number of hydrogen-bond donors (Lipinski definition) is 2. The summed E-state index contributed by atoms with van der Waals surface area (Å²) >= 11 is 2.02. The number of hydrogen-bond acceptors (Lipinski definition) is 5. The monoisotopic (exact) mass is 552 g/mol. The summed E-state index contributed by atoms with van der Waals surface area (Å²) in [5, 5.41) is 6.90. The molecule has 30 heavy (non-hydrogen) atoms. The molecule has 0 aromatic heterocycles. The van der Waals surface area contributed by atoms with Crippen LogP contribution in [-0.2, 0) is 4.74 Å². The Kier molecular flexibility index (Phi) is 11.0. The first-order chi connectivity index (χ1) is 14.1. The van der Waals surface area contributed by atoms with E-state index in [0.29, 0.717) is 12.3 Å². The molecule has 9 heteroatoms. The molecule has 0 radical (unpaired) electrons. The van der Waals surface area contributed by atoms with Gasteiger partial charge in [-0.3, -0.25) is 9.89 Å². The molecule has 6 nitrogen and oxygen atoms in total. The number of guanidine groups is 1. The summed E-state index contributed by atoms with van der Waals surface area (Å²) in [5.41, 5.74) is 0.161. The molecule has 2 aliphatic rings. The number of rotatable bonds is 8. The first-order valence-electron chi connectivity index (χ1n) is 10.4. The molecule has 2 unspecified atom stereocenters. The van der Waals surface area contributed by atoms with Gasteiger partial charge in [-0.15, -0.1) is 24.0 Å². The highest BCUT2D eigenvalue weighted by molar-refractivity contribution is 14.0. The predicted molar refractivity (Wildman–Crippen MR) is 133 cm³/mol. The van der Waals surface area contributed by atoms with Gasteiger partial charge in [0.1, 0.15) is 17.7 Å². The third-order valence-electron chi connectivity index (χ3n) is 5.62. The maximum Gasteiger partial charge on any atom is 0.191 e. The molecule has 0 amide bonds. The lowest BCUT2D eigenvalue weighted by Gasteiger charge is -2.43. The first kappa shape index (κ1) is 25.5. The standard InChI is InChI=1S/C21H33FN4O2S.HI/c1-3-18(28-19-6-4-5-17(22)13-19)14-24-20(23-2)25-15-21(7-12-29-16-21)26-8-10-27-11-9-26;/h4-6,13,18H,3,7-12,14-16H2,1-2H3,(H2,23,24,25);1H. The van der Waals surface area contributed by atoms with Gasteiger partial charge in [0.05, 0.1) is 19.8 Å². The molecule has 2 atom stereocenters. The lowest BCUT2D eigenvalue weighted by Crippen LogP contribution is -2.60. The molecule has 2 aliphatic heterocycles. The fraction of sp³-hybridized carbons (Fsp3) is 0.667. The zero-order valence-corrected chi connectivity index (χ0v) is 21.0. The van der Waals surface area contributed by atoms with Crippen LogP contribution in [0.1, 0.15) is 19.8 Å². The van der Waals surface area contributed by atoms with Crippen LogP contribution in [0.5, 0.6) is 5.75 Å². The molecule has 1 aromatic carbocycles. The zero-order chi connectivity index (χ0) is 20.5. The van der Waals surface area contributed by atoms with Gasteiger partial charge >= 0.3 is 0 Å². The topological polar surface area (TPSA) is 58.1 Å². The lowest BCUT2D eigenvalue weighted by molar-refractivity contribution is -0.0120. The molecular weight excluding hydrogens is 518 g/mol. The highest BCUT2D eigenvalue weighted by atomic mass is 127. The van der Waals surface area contributed by atoms with E-state index in [4.69, 9.17) is 9.47 Å². The van der Waals surface area contributed by atoms with Crippen molar-refractivity contribution in [3.8, 4) is 5.75 Å². The van der Waals surface area contributed by atoms with Crippen LogP contribution in [0, 0.1) is 5.82 Å². The normalized spacial score (nSPS) is 23.5. The van der Waals surface area contributed by atoms with Gasteiger partial charge in [-0.1, -0.05) is 13.0 Å². The number of morpholine rings is 1. The Balaban J connectivity index is 0.00000320. The predicted octanol–water partition coefficient (Wildman–Crippen LogP) is 2.97. The van der Waals surface area contributed by atoms with Crippen molar-refractivity contribution in [3.63, 3.8) is 0 Å². The molecule has 0 bridgehead atoms. The quantitative estimate of drug-likeness (QED) is 0.294. The van der Waals surface area contributed by atoms with E-state index in [9.17, 15) is 4.39 Å². The van der Waals surface area contributed by atoms with Gasteiger partial charge in [0.2, 0.25) is 0 Å². The molecule has 170 valence electrons. The smallest absolute Gasteiger partial charge is 0.191 e. The van der Waals surface area contributed by atoms with Gasteiger partial charge in [0.25, 0.3) is 0 Å². The summed E-state index contributed by atoms with van der Waals surface area (Å²) in [7, 11) is 1.79. The number of aliphatic imine (C=N–C) groups is 1. The summed E-state index contributed by atoms with van der Waals surface area (Å²) in [5.74, 6) is 3.37. The number of benzene rings is 1. The third-order valence-corrected chi connectivity index (χ3v) is 6.86. The Morgan fingerprint density at radius 3 is 2.80 bits per heavy atom. The number of nitrogens with one attached hydrogen (secondary N) is 2. The van der Waals surface area contributed by atoms with Crippen LogP contribution in [0.2, 0.25) is 0 Å². The molecule has 1 aromatic rings. The van der Waals surface area contributed by atoms with E-state index in [-0.39, 0.29) is 41.4 Å². The first-order valence-corrected chi connectivity index (χ1v) is 11.6. The van der Waals surface area contributed by atoms with E-state index >= 15 is 0 Å². The summed E-state index contributed by atoms with van der Waals surface area (Å²) in [6, 6.07) is 6.28. The summed E-state index contributed by atoms with van der Waals surface area (Å²) < 4.78 is 24.9. The van der Waals surface area contributed by atoms with Crippen molar-refractivity contribution in [2.45, 2.75) is 31.4 Å². The van der Waals surface area contributed by atoms with E-state index in [0.717, 1.165) is 51.0 Å². The fourth-order valence-electron chi connectivity index (χ4n) is 3.82. The van der Waals surface area contributed by atoms with E-state index in [1.54, 1.807) is 19.2 Å². The Labute approximate surface area is 200 Å². The van der Waals surface area contributed by atoms with Crippen LogP contribution < -0.4 is 15.4 Å². The minimum absolute atomic E-state index is 0. The van der Waals surface area contributed by atoms with E-state index in [2.05, 4.69) is 27.4 Å². The number of ether oxygens (including phenoxy) is 2. The van der Waals surface area contributed by atoms with Gasteiger partial charge in [-0.2, -0.15) is 11.8 Å². The maximum absolute atomic E-state index is 13.4. The zero-order valence-electron chi connectivity index (χ0n) is 17.9. The van der Waals surface area contributed by atoms with Crippen molar-refractivity contribution < 1.29 is 13.9 Å². The summed E-state index contributed by atoms with van der Waals surface area (Å²) in [6.07, 6.45) is 1.93. The van der Waals surface area contributed by atoms with Crippen LogP contribution in [0.3, 0.4) is 0 Å². The maximum atomic E-state index is 13.4. The van der Waals surface area contributed by atoms with Crippen molar-refractivity contribution in [2.75, 3.05) is 57.9 Å². The largest absolute Gasteiger partial charge is 0.489 e. The molecule has 0 saturated carbocycles. The highest BCUT2D eigenvalue weighted by Crippen LogP contribution is 2.33. The van der Waals surface area contributed by atoms with Gasteiger partial charge in [0.15, 0.2) is 5.96 Å². The molecule has 2 heterocycles. The molecule has 2 fully saturated rings. The van der Waals surface area contributed by atoms with Gasteiger partial charge < -0.3 is 20.1 Å². The van der Waals surface area contributed by atoms with Crippen molar-refractivity contribution in [3.05, 3.63) is 30.1 Å². The fourth-order valence-corrected chi connectivity index (χ4v) is 5.29. The molecule has 0 spiro atoms. The third kappa shape index (κ3) is 7.13. The van der Waals surface area contributed by atoms with Crippen molar-refractivity contribution in [1.29, 1.82) is 0 Å². The van der Waals surface area contributed by atoms with Crippen LogP contribution in [0.4, 0.5) is 4.39 Å². The minimum Gasteiger partial charge on any atom is -0.489 e. The molecule has 0 aliphatic carbocycles. The van der Waals surface area contributed by atoms with Crippen molar-refractivity contribution in [2.24, 2.45) is 4.99 Å². The van der Waals surface area contributed by atoms with E-state index in [1.165, 1.54) is 24.3 Å². The second kappa shape index (κ2) is 12.9. The second-order valence-corrected chi connectivity index (χ2v) is 8.64. The summed E-state index contributed by atoms with van der Waals surface area (Å²) in [4.78, 5) is 6.96. The average molecular weight is 552 g/mol. The number of halogens is 2. The van der Waals surface area contributed by atoms with E-state index < -0.39 is 0 Å². The average Bonchev–Trinajstić information content (AvgIpc) is 3.24. The summed E-state index contributed by atoms with van der Waals surface area (Å²) in [6.45, 7) is 7.14. The van der Waals surface area contributed by atoms with Crippen LogP contribution in [0.15, 0.2) is 29.3 Å².